The van der Waals surface area contributed by atoms with E-state index in [0.717, 1.165) is 5.70 Å². The van der Waals surface area contributed by atoms with Gasteiger partial charge in [0.25, 0.3) is 0 Å². The molecule has 1 heterocycles. The average molecular weight is 200 g/mol. The summed E-state index contributed by atoms with van der Waals surface area (Å²) in [5.74, 6) is -0.477. The van der Waals surface area contributed by atoms with Crippen molar-refractivity contribution in [2.75, 3.05) is 0 Å². The summed E-state index contributed by atoms with van der Waals surface area (Å²) in [5.41, 5.74) is 8.34. The zero-order valence-electron chi connectivity index (χ0n) is 6.81. The van der Waals surface area contributed by atoms with E-state index in [1.54, 1.807) is 24.4 Å². The number of carbonyl (C=O) groups is 1. The molecule has 1 aliphatic heterocycles. The first-order valence-electron chi connectivity index (χ1n) is 3.42. The molecule has 0 aromatic rings. The summed E-state index contributed by atoms with van der Waals surface area (Å²) in [4.78, 5) is 10.4. The maximum Gasteiger partial charge on any atom is 0.241 e. The first kappa shape index (κ1) is 11.4. The van der Waals surface area contributed by atoms with Gasteiger partial charge in [0, 0.05) is 12.3 Å². The van der Waals surface area contributed by atoms with Crippen LogP contribution < -0.4 is 11.2 Å². The second kappa shape index (κ2) is 6.02. The van der Waals surface area contributed by atoms with Gasteiger partial charge in [-0.2, -0.15) is 5.10 Å². The zero-order valence-corrected chi connectivity index (χ0v) is 7.62. The van der Waals surface area contributed by atoms with Gasteiger partial charge in [0.1, 0.15) is 0 Å². The molecule has 0 aromatic carbocycles. The summed E-state index contributed by atoms with van der Waals surface area (Å²) in [6.07, 6.45) is 9.82. The van der Waals surface area contributed by atoms with Crippen LogP contribution in [0.4, 0.5) is 0 Å². The van der Waals surface area contributed by atoms with E-state index in [1.807, 2.05) is 6.08 Å². The van der Waals surface area contributed by atoms with Crippen LogP contribution in [0.1, 0.15) is 0 Å². The normalized spacial score (nSPS) is 14.3. The third kappa shape index (κ3) is 4.81. The number of nitrogens with two attached hydrogens (primary N) is 1. The van der Waals surface area contributed by atoms with Crippen molar-refractivity contribution in [3.8, 4) is 0 Å². The number of carbonyl (C=O) groups excluding carboxylic acids is 1. The van der Waals surface area contributed by atoms with Gasteiger partial charge in [-0.3, -0.25) is 10.2 Å². The number of nitrogens with zero attached hydrogens (tertiary/aromatic N) is 1. The third-order valence-corrected chi connectivity index (χ3v) is 1.17. The molecule has 0 saturated heterocycles. The first-order valence-corrected chi connectivity index (χ1v) is 3.42. The number of primary amides is 1. The van der Waals surface area contributed by atoms with Gasteiger partial charge in [-0.1, -0.05) is 6.08 Å². The molecule has 5 heteroatoms. The number of rotatable bonds is 2. The van der Waals surface area contributed by atoms with E-state index in [-0.39, 0.29) is 12.4 Å². The number of allylic oxidation sites excluding steroid dienone is 4. The number of nitrogens with one attached hydrogen (secondary N) is 1. The van der Waals surface area contributed by atoms with Crippen LogP contribution >= 0.6 is 12.4 Å². The van der Waals surface area contributed by atoms with Crippen molar-refractivity contribution in [2.45, 2.75) is 0 Å². The van der Waals surface area contributed by atoms with Crippen molar-refractivity contribution in [3.05, 3.63) is 36.1 Å². The second-order valence-electron chi connectivity index (χ2n) is 2.13. The van der Waals surface area contributed by atoms with Gasteiger partial charge in [-0.05, 0) is 18.2 Å². The van der Waals surface area contributed by atoms with Gasteiger partial charge < -0.3 is 5.73 Å². The molecule has 0 fully saturated rings. The zero-order chi connectivity index (χ0) is 8.81. The molecule has 0 aromatic heterocycles. The lowest BCUT2D eigenvalue weighted by Gasteiger charge is -1.95. The number of amides is 1. The maximum absolute atomic E-state index is 10.4. The number of hydrazone groups is 1. The number of halogens is 1. The molecular formula is C8H10ClN3O. The molecule has 1 aliphatic rings. The molecule has 0 radical (unpaired) electrons. The summed E-state index contributed by atoms with van der Waals surface area (Å²) in [7, 11) is 0. The van der Waals surface area contributed by atoms with Crippen LogP contribution in [0, 0.1) is 0 Å². The van der Waals surface area contributed by atoms with Gasteiger partial charge in [-0.25, -0.2) is 0 Å². The standard InChI is InChI=1S/C8H9N3O.ClH/c9-8(12)5-4-7-3-1-2-6-10-11-7;/h1-6,11H,(H2,9,12);1H. The highest BCUT2D eigenvalue weighted by Crippen LogP contribution is 1.94. The minimum absolute atomic E-state index is 0. The van der Waals surface area contributed by atoms with Gasteiger partial charge in [0.2, 0.25) is 5.91 Å². The lowest BCUT2D eigenvalue weighted by Crippen LogP contribution is -2.07. The minimum atomic E-state index is -0.477. The van der Waals surface area contributed by atoms with Crippen LogP contribution in [0.5, 0.6) is 0 Å². The van der Waals surface area contributed by atoms with Crippen LogP contribution in [-0.4, -0.2) is 12.1 Å². The second-order valence-corrected chi connectivity index (χ2v) is 2.13. The van der Waals surface area contributed by atoms with Gasteiger partial charge in [0.05, 0.1) is 5.70 Å². The smallest absolute Gasteiger partial charge is 0.241 e. The summed E-state index contributed by atoms with van der Waals surface area (Å²) in [6, 6.07) is 0. The van der Waals surface area contributed by atoms with Gasteiger partial charge in [-0.15, -0.1) is 12.4 Å². The number of hydrogen-bond acceptors (Lipinski definition) is 3. The molecule has 0 bridgehead atoms. The summed E-state index contributed by atoms with van der Waals surface area (Å²) in [5, 5.41) is 3.80. The van der Waals surface area contributed by atoms with E-state index in [4.69, 9.17) is 5.73 Å². The molecule has 0 saturated carbocycles. The Morgan fingerprint density at radius 2 is 2.31 bits per heavy atom. The number of hydrogen-bond donors (Lipinski definition) is 2. The van der Waals surface area contributed by atoms with Crippen LogP contribution in [-0.2, 0) is 4.79 Å². The monoisotopic (exact) mass is 199 g/mol. The molecule has 70 valence electrons. The Morgan fingerprint density at radius 1 is 1.54 bits per heavy atom. The maximum atomic E-state index is 10.4. The fourth-order valence-corrected chi connectivity index (χ4v) is 0.666. The Bertz CT molecular complexity index is 292. The van der Waals surface area contributed by atoms with E-state index >= 15 is 0 Å². The van der Waals surface area contributed by atoms with Crippen molar-refractivity contribution in [1.82, 2.24) is 5.43 Å². The summed E-state index contributed by atoms with van der Waals surface area (Å²) < 4.78 is 0. The molecule has 0 unspecified atom stereocenters. The van der Waals surface area contributed by atoms with Crippen molar-refractivity contribution >= 4 is 24.5 Å². The SMILES string of the molecule is Cl.NC(=O)C=CC1=CC=CC=NN1. The highest BCUT2D eigenvalue weighted by atomic mass is 35.5. The van der Waals surface area contributed by atoms with E-state index in [1.165, 1.54) is 6.08 Å². The minimum Gasteiger partial charge on any atom is -0.366 e. The largest absolute Gasteiger partial charge is 0.366 e. The highest BCUT2D eigenvalue weighted by molar-refractivity contribution is 5.86. The molecule has 13 heavy (non-hydrogen) atoms. The van der Waals surface area contributed by atoms with Crippen molar-refractivity contribution < 1.29 is 4.79 Å². The Hall–Kier alpha value is -1.55. The van der Waals surface area contributed by atoms with E-state index in [0.29, 0.717) is 0 Å². The van der Waals surface area contributed by atoms with Crippen LogP contribution in [0.15, 0.2) is 41.2 Å². The molecule has 1 rings (SSSR count). The van der Waals surface area contributed by atoms with E-state index < -0.39 is 5.91 Å². The predicted molar refractivity (Wildman–Crippen MR) is 54.4 cm³/mol. The highest BCUT2D eigenvalue weighted by Gasteiger charge is 1.90. The lowest BCUT2D eigenvalue weighted by molar-refractivity contribution is -0.113. The molecule has 0 spiro atoms. The predicted octanol–water partition coefficient (Wildman–Crippen LogP) is 0.479. The van der Waals surface area contributed by atoms with Gasteiger partial charge in [0.15, 0.2) is 0 Å². The Labute approximate surface area is 82.3 Å². The van der Waals surface area contributed by atoms with Crippen LogP contribution in [0.25, 0.3) is 0 Å². The summed E-state index contributed by atoms with van der Waals surface area (Å²) in [6.45, 7) is 0. The fraction of sp³-hybridized carbons (Fsp3) is 0. The fourth-order valence-electron chi connectivity index (χ4n) is 0.666. The third-order valence-electron chi connectivity index (χ3n) is 1.17. The Balaban J connectivity index is 0.00000144. The molecule has 4 nitrogen and oxygen atoms in total. The molecule has 1 amide bonds. The quantitative estimate of drug-likeness (QED) is 0.636. The van der Waals surface area contributed by atoms with E-state index in [9.17, 15) is 4.79 Å². The van der Waals surface area contributed by atoms with Gasteiger partial charge >= 0.3 is 0 Å². The first-order chi connectivity index (χ1) is 5.79. The summed E-state index contributed by atoms with van der Waals surface area (Å²) >= 11 is 0. The van der Waals surface area contributed by atoms with Crippen LogP contribution in [0.3, 0.4) is 0 Å². The Kier molecular flexibility index (Phi) is 5.30. The lowest BCUT2D eigenvalue weighted by atomic mass is 10.3. The van der Waals surface area contributed by atoms with E-state index in [2.05, 4.69) is 10.5 Å². The molecular weight excluding hydrogens is 190 g/mol. The Morgan fingerprint density at radius 3 is 3.00 bits per heavy atom. The topological polar surface area (TPSA) is 67.5 Å². The van der Waals surface area contributed by atoms with Crippen molar-refractivity contribution in [3.63, 3.8) is 0 Å². The van der Waals surface area contributed by atoms with Crippen molar-refractivity contribution in [2.24, 2.45) is 10.8 Å². The average Bonchev–Trinajstić information content (AvgIpc) is 2.28. The molecule has 3 N–H and O–H groups in total. The van der Waals surface area contributed by atoms with Crippen molar-refractivity contribution in [1.29, 1.82) is 0 Å². The molecule has 0 atom stereocenters. The van der Waals surface area contributed by atoms with Crippen LogP contribution in [0.2, 0.25) is 0 Å². The molecule has 0 aliphatic carbocycles.